The molecule has 0 saturated heterocycles. The Hall–Kier alpha value is -0.710. The summed E-state index contributed by atoms with van der Waals surface area (Å²) in [6.45, 7) is 4.80. The van der Waals surface area contributed by atoms with Gasteiger partial charge in [0.1, 0.15) is 0 Å². The van der Waals surface area contributed by atoms with Gasteiger partial charge in [0, 0.05) is 35.0 Å². The quantitative estimate of drug-likeness (QED) is 0.836. The molecule has 1 aromatic rings. The smallest absolute Gasteiger partial charge is 0.221 e. The van der Waals surface area contributed by atoms with Crippen LogP contribution in [-0.4, -0.2) is 24.2 Å². The van der Waals surface area contributed by atoms with E-state index < -0.39 is 0 Å². The third kappa shape index (κ3) is 4.90. The fourth-order valence-corrected chi connectivity index (χ4v) is 3.67. The lowest BCUT2D eigenvalue weighted by atomic mass is 10.0. The van der Waals surface area contributed by atoms with E-state index in [0.29, 0.717) is 19.0 Å². The first kappa shape index (κ1) is 16.7. The van der Waals surface area contributed by atoms with E-state index in [-0.39, 0.29) is 11.9 Å². The summed E-state index contributed by atoms with van der Waals surface area (Å²) >= 11 is 7.97. The number of amides is 1. The number of rotatable bonds is 6. The molecule has 3 nitrogen and oxygen atoms in total. The molecule has 0 saturated carbocycles. The topological polar surface area (TPSA) is 41.1 Å². The maximum Gasteiger partial charge on any atom is 0.221 e. The summed E-state index contributed by atoms with van der Waals surface area (Å²) in [6.07, 6.45) is 2.56. The Morgan fingerprint density at radius 2 is 2.33 bits per heavy atom. The van der Waals surface area contributed by atoms with Gasteiger partial charge in [-0.1, -0.05) is 18.5 Å². The number of thioether (sulfide) groups is 1. The Morgan fingerprint density at radius 3 is 3.10 bits per heavy atom. The average molecular weight is 327 g/mol. The van der Waals surface area contributed by atoms with E-state index in [1.54, 1.807) is 0 Å². The van der Waals surface area contributed by atoms with Gasteiger partial charge in [0.15, 0.2) is 0 Å². The van der Waals surface area contributed by atoms with Crippen molar-refractivity contribution >= 4 is 29.3 Å². The van der Waals surface area contributed by atoms with Crippen LogP contribution in [-0.2, 0) is 4.79 Å². The lowest BCUT2D eigenvalue weighted by Gasteiger charge is -2.26. The molecule has 1 aliphatic rings. The van der Waals surface area contributed by atoms with Gasteiger partial charge in [-0.05, 0) is 49.3 Å². The van der Waals surface area contributed by atoms with Crippen molar-refractivity contribution in [1.29, 1.82) is 0 Å². The number of fused-ring (bicyclic) bond motifs is 1. The van der Waals surface area contributed by atoms with E-state index >= 15 is 0 Å². The van der Waals surface area contributed by atoms with E-state index in [4.69, 9.17) is 11.6 Å². The van der Waals surface area contributed by atoms with E-state index in [1.807, 2.05) is 30.8 Å². The molecule has 0 aromatic heterocycles. The van der Waals surface area contributed by atoms with Crippen molar-refractivity contribution in [2.24, 2.45) is 0 Å². The molecule has 21 heavy (non-hydrogen) atoms. The largest absolute Gasteiger partial charge is 0.354 e. The molecule has 2 rings (SSSR count). The first-order valence-electron chi connectivity index (χ1n) is 7.55. The molecule has 2 N–H and O–H groups in total. The van der Waals surface area contributed by atoms with Gasteiger partial charge < -0.3 is 10.6 Å². The van der Waals surface area contributed by atoms with Crippen LogP contribution in [0.2, 0.25) is 5.02 Å². The fourth-order valence-electron chi connectivity index (χ4n) is 2.39. The second-order valence-corrected chi connectivity index (χ2v) is 7.03. The van der Waals surface area contributed by atoms with Crippen LogP contribution in [0.15, 0.2) is 23.1 Å². The fraction of sp³-hybridized carbons (Fsp3) is 0.562. The van der Waals surface area contributed by atoms with Crippen LogP contribution in [0.25, 0.3) is 0 Å². The SMILES string of the molecule is CCC(C)NC(=O)CCNC1CCSc2ccc(Cl)cc21. The number of halogens is 1. The van der Waals surface area contributed by atoms with Crippen LogP contribution in [0.1, 0.15) is 44.7 Å². The molecule has 116 valence electrons. The second-order valence-electron chi connectivity index (χ2n) is 5.45. The van der Waals surface area contributed by atoms with Crippen molar-refractivity contribution < 1.29 is 4.79 Å². The summed E-state index contributed by atoms with van der Waals surface area (Å²) in [4.78, 5) is 13.1. The van der Waals surface area contributed by atoms with Crippen LogP contribution in [0.3, 0.4) is 0 Å². The van der Waals surface area contributed by atoms with Gasteiger partial charge in [-0.3, -0.25) is 4.79 Å². The van der Waals surface area contributed by atoms with Crippen molar-refractivity contribution in [2.45, 2.75) is 50.1 Å². The molecule has 0 aliphatic carbocycles. The van der Waals surface area contributed by atoms with E-state index in [2.05, 4.69) is 23.6 Å². The summed E-state index contributed by atoms with van der Waals surface area (Å²) < 4.78 is 0. The highest BCUT2D eigenvalue weighted by atomic mass is 35.5. The highest BCUT2D eigenvalue weighted by Crippen LogP contribution is 2.37. The monoisotopic (exact) mass is 326 g/mol. The van der Waals surface area contributed by atoms with E-state index in [1.165, 1.54) is 10.5 Å². The number of benzene rings is 1. The molecule has 2 unspecified atom stereocenters. The maximum absolute atomic E-state index is 11.8. The molecule has 0 bridgehead atoms. The molecule has 5 heteroatoms. The highest BCUT2D eigenvalue weighted by molar-refractivity contribution is 7.99. The molecule has 0 fully saturated rings. The molecule has 0 radical (unpaired) electrons. The van der Waals surface area contributed by atoms with E-state index in [0.717, 1.165) is 23.6 Å². The van der Waals surface area contributed by atoms with Crippen LogP contribution in [0.5, 0.6) is 0 Å². The molecular weight excluding hydrogens is 304 g/mol. The van der Waals surface area contributed by atoms with Gasteiger partial charge >= 0.3 is 0 Å². The van der Waals surface area contributed by atoms with Crippen molar-refractivity contribution in [2.75, 3.05) is 12.3 Å². The van der Waals surface area contributed by atoms with Gasteiger partial charge in [0.2, 0.25) is 5.91 Å². The zero-order valence-corrected chi connectivity index (χ0v) is 14.2. The number of hydrogen-bond donors (Lipinski definition) is 2. The third-order valence-corrected chi connectivity index (χ3v) is 5.13. The van der Waals surface area contributed by atoms with Gasteiger partial charge in [0.25, 0.3) is 0 Å². The summed E-state index contributed by atoms with van der Waals surface area (Å²) in [7, 11) is 0. The lowest BCUT2D eigenvalue weighted by molar-refractivity contribution is -0.121. The number of hydrogen-bond acceptors (Lipinski definition) is 3. The van der Waals surface area contributed by atoms with Crippen LogP contribution in [0.4, 0.5) is 0 Å². The molecule has 1 aliphatic heterocycles. The van der Waals surface area contributed by atoms with E-state index in [9.17, 15) is 4.79 Å². The second kappa shape index (κ2) is 8.06. The summed E-state index contributed by atoms with van der Waals surface area (Å²) in [5, 5.41) is 7.26. The summed E-state index contributed by atoms with van der Waals surface area (Å²) in [5.74, 6) is 1.22. The standard InChI is InChI=1S/C16H23ClN2OS/c1-3-11(2)19-16(20)6-8-18-14-7-9-21-15-5-4-12(17)10-13(14)15/h4-5,10-11,14,18H,3,6-9H2,1-2H3,(H,19,20). The van der Waals surface area contributed by atoms with Crippen molar-refractivity contribution in [3.05, 3.63) is 28.8 Å². The average Bonchev–Trinajstić information content (AvgIpc) is 2.47. The van der Waals surface area contributed by atoms with Crippen molar-refractivity contribution in [3.8, 4) is 0 Å². The minimum Gasteiger partial charge on any atom is -0.354 e. The Kier molecular flexibility index (Phi) is 6.40. The molecular formula is C16H23ClN2OS. The Bertz CT molecular complexity index is 495. The molecule has 2 atom stereocenters. The molecule has 1 amide bonds. The Labute approximate surface area is 136 Å². The van der Waals surface area contributed by atoms with Gasteiger partial charge in [-0.15, -0.1) is 11.8 Å². The van der Waals surface area contributed by atoms with Crippen LogP contribution in [0, 0.1) is 0 Å². The molecule has 1 heterocycles. The van der Waals surface area contributed by atoms with Gasteiger partial charge in [-0.2, -0.15) is 0 Å². The van der Waals surface area contributed by atoms with Gasteiger partial charge in [-0.25, -0.2) is 0 Å². The number of carbonyl (C=O) groups is 1. The highest BCUT2D eigenvalue weighted by Gasteiger charge is 2.20. The lowest BCUT2D eigenvalue weighted by Crippen LogP contribution is -2.35. The first-order valence-corrected chi connectivity index (χ1v) is 8.91. The molecule has 0 spiro atoms. The Morgan fingerprint density at radius 1 is 1.52 bits per heavy atom. The van der Waals surface area contributed by atoms with Crippen LogP contribution < -0.4 is 10.6 Å². The maximum atomic E-state index is 11.8. The first-order chi connectivity index (χ1) is 10.1. The zero-order valence-electron chi connectivity index (χ0n) is 12.6. The Balaban J connectivity index is 1.85. The number of carbonyl (C=O) groups excluding carboxylic acids is 1. The zero-order chi connectivity index (χ0) is 15.2. The normalized spacial score (nSPS) is 18.9. The molecule has 1 aromatic carbocycles. The van der Waals surface area contributed by atoms with Crippen LogP contribution >= 0.6 is 23.4 Å². The predicted molar refractivity (Wildman–Crippen MR) is 90.0 cm³/mol. The number of nitrogens with one attached hydrogen (secondary N) is 2. The minimum absolute atomic E-state index is 0.119. The van der Waals surface area contributed by atoms with Gasteiger partial charge in [0.05, 0.1) is 0 Å². The minimum atomic E-state index is 0.119. The van der Waals surface area contributed by atoms with Crippen molar-refractivity contribution in [1.82, 2.24) is 10.6 Å². The predicted octanol–water partition coefficient (Wildman–Crippen LogP) is 3.77. The third-order valence-electron chi connectivity index (χ3n) is 3.77. The van der Waals surface area contributed by atoms with Crippen molar-refractivity contribution in [3.63, 3.8) is 0 Å². The summed E-state index contributed by atoms with van der Waals surface area (Å²) in [6, 6.07) is 6.63. The summed E-state index contributed by atoms with van der Waals surface area (Å²) in [5.41, 5.74) is 1.26.